The minimum atomic E-state index is -0.839. The van der Waals surface area contributed by atoms with E-state index in [4.69, 9.17) is 0 Å². The third kappa shape index (κ3) is 3.22. The van der Waals surface area contributed by atoms with Crippen LogP contribution in [0.1, 0.15) is 36.9 Å². The second kappa shape index (κ2) is 6.41. The molecule has 2 aromatic rings. The maximum Gasteiger partial charge on any atom is 0.159 e. The predicted molar refractivity (Wildman–Crippen MR) is 78.9 cm³/mol. The summed E-state index contributed by atoms with van der Waals surface area (Å²) in [5.41, 5.74) is 1.55. The highest BCUT2D eigenvalue weighted by molar-refractivity contribution is 7.15. The molecule has 2 rings (SSSR count). The lowest BCUT2D eigenvalue weighted by Crippen LogP contribution is -2.18. The largest absolute Gasteiger partial charge is 0.309 e. The number of hydrogen-bond donors (Lipinski definition) is 1. The van der Waals surface area contributed by atoms with E-state index < -0.39 is 11.6 Å². The number of nitrogens with one attached hydrogen (secondary N) is 1. The summed E-state index contributed by atoms with van der Waals surface area (Å²) in [4.78, 5) is 5.61. The zero-order chi connectivity index (χ0) is 14.7. The molecule has 0 bridgehead atoms. The molecule has 0 saturated carbocycles. The van der Waals surface area contributed by atoms with Crippen LogP contribution in [-0.4, -0.2) is 11.5 Å². The summed E-state index contributed by atoms with van der Waals surface area (Å²) in [5, 5.41) is 4.13. The summed E-state index contributed by atoms with van der Waals surface area (Å²) in [7, 11) is 0. The Kier molecular flexibility index (Phi) is 4.83. The van der Waals surface area contributed by atoms with E-state index in [0.717, 1.165) is 34.6 Å². The van der Waals surface area contributed by atoms with Crippen molar-refractivity contribution in [1.82, 2.24) is 10.3 Å². The summed E-state index contributed by atoms with van der Waals surface area (Å²) in [6, 6.07) is 4.11. The average Bonchev–Trinajstić information content (AvgIpc) is 2.81. The molecule has 1 unspecified atom stereocenters. The molecule has 1 N–H and O–H groups in total. The van der Waals surface area contributed by atoms with Crippen molar-refractivity contribution in [2.45, 2.75) is 33.2 Å². The molecular formula is C15H18F2N2S. The molecule has 0 aliphatic heterocycles. The number of hydrogen-bond acceptors (Lipinski definition) is 3. The van der Waals surface area contributed by atoms with E-state index in [9.17, 15) is 8.78 Å². The van der Waals surface area contributed by atoms with Gasteiger partial charge in [-0.25, -0.2) is 13.8 Å². The first kappa shape index (κ1) is 15.1. The fourth-order valence-electron chi connectivity index (χ4n) is 2.02. The van der Waals surface area contributed by atoms with Gasteiger partial charge in [0.15, 0.2) is 11.6 Å². The molecule has 108 valence electrons. The normalized spacial score (nSPS) is 12.7. The number of nitrogens with zero attached hydrogens (tertiary/aromatic N) is 1. The number of aromatic nitrogens is 1. The lowest BCUT2D eigenvalue weighted by Gasteiger charge is -2.11. The van der Waals surface area contributed by atoms with E-state index in [-0.39, 0.29) is 6.04 Å². The lowest BCUT2D eigenvalue weighted by molar-refractivity contribution is 0.509. The van der Waals surface area contributed by atoms with Crippen LogP contribution >= 0.6 is 11.3 Å². The molecule has 0 aliphatic carbocycles. The Morgan fingerprint density at radius 3 is 2.70 bits per heavy atom. The minimum Gasteiger partial charge on any atom is -0.309 e. The Bertz CT molecular complexity index is 596. The van der Waals surface area contributed by atoms with Gasteiger partial charge >= 0.3 is 0 Å². The summed E-state index contributed by atoms with van der Waals surface area (Å²) < 4.78 is 26.3. The van der Waals surface area contributed by atoms with Crippen LogP contribution in [0.15, 0.2) is 18.2 Å². The van der Waals surface area contributed by atoms with Crippen LogP contribution in [0, 0.1) is 18.6 Å². The number of rotatable bonds is 5. The third-order valence-corrected chi connectivity index (χ3v) is 4.48. The minimum absolute atomic E-state index is 0.214. The van der Waals surface area contributed by atoms with Gasteiger partial charge in [0.25, 0.3) is 0 Å². The molecule has 0 fully saturated rings. The summed E-state index contributed by atoms with van der Waals surface area (Å²) in [6.07, 6.45) is 1.07. The first-order valence-electron chi connectivity index (χ1n) is 6.69. The molecule has 0 aliphatic rings. The van der Waals surface area contributed by atoms with Crippen LogP contribution < -0.4 is 5.32 Å². The molecule has 20 heavy (non-hydrogen) atoms. The van der Waals surface area contributed by atoms with Crippen molar-refractivity contribution in [3.05, 3.63) is 40.4 Å². The monoisotopic (exact) mass is 296 g/mol. The molecule has 1 aromatic carbocycles. The zero-order valence-electron chi connectivity index (χ0n) is 11.8. The van der Waals surface area contributed by atoms with Crippen molar-refractivity contribution in [3.63, 3.8) is 0 Å². The van der Waals surface area contributed by atoms with Crippen LogP contribution in [0.4, 0.5) is 8.78 Å². The molecule has 1 atom stereocenters. The van der Waals surface area contributed by atoms with E-state index in [1.165, 1.54) is 17.4 Å². The van der Waals surface area contributed by atoms with E-state index in [0.29, 0.717) is 5.56 Å². The first-order chi connectivity index (χ1) is 9.52. The van der Waals surface area contributed by atoms with Crippen molar-refractivity contribution >= 4 is 11.3 Å². The SMILES string of the molecule is CCCNC(C)c1sc(-c2ccc(F)c(F)c2)nc1C. The van der Waals surface area contributed by atoms with Crippen molar-refractivity contribution < 1.29 is 8.78 Å². The molecule has 5 heteroatoms. The summed E-state index contributed by atoms with van der Waals surface area (Å²) in [5.74, 6) is -1.67. The number of halogens is 2. The highest BCUT2D eigenvalue weighted by atomic mass is 32.1. The van der Waals surface area contributed by atoms with Crippen LogP contribution in [0.3, 0.4) is 0 Å². The van der Waals surface area contributed by atoms with Gasteiger partial charge in [0.2, 0.25) is 0 Å². The van der Waals surface area contributed by atoms with Gasteiger partial charge < -0.3 is 5.32 Å². The van der Waals surface area contributed by atoms with Gasteiger partial charge in [-0.1, -0.05) is 6.92 Å². The smallest absolute Gasteiger partial charge is 0.159 e. The Morgan fingerprint density at radius 2 is 2.05 bits per heavy atom. The molecule has 0 saturated heterocycles. The molecule has 0 spiro atoms. The standard InChI is InChI=1S/C15H18F2N2S/c1-4-7-18-9(2)14-10(3)19-15(20-14)11-5-6-12(16)13(17)8-11/h5-6,8-9,18H,4,7H2,1-3H3. The van der Waals surface area contributed by atoms with E-state index in [1.807, 2.05) is 6.92 Å². The Morgan fingerprint density at radius 1 is 1.30 bits per heavy atom. The Hall–Kier alpha value is -1.33. The number of benzene rings is 1. The van der Waals surface area contributed by atoms with Gasteiger partial charge in [-0.05, 0) is 45.0 Å². The Labute approximate surface area is 121 Å². The van der Waals surface area contributed by atoms with Crippen molar-refractivity contribution in [2.24, 2.45) is 0 Å². The molecular weight excluding hydrogens is 278 g/mol. The Balaban J connectivity index is 2.28. The maximum atomic E-state index is 13.3. The van der Waals surface area contributed by atoms with Crippen molar-refractivity contribution in [1.29, 1.82) is 0 Å². The van der Waals surface area contributed by atoms with Crippen LogP contribution in [-0.2, 0) is 0 Å². The highest BCUT2D eigenvalue weighted by Gasteiger charge is 2.15. The van der Waals surface area contributed by atoms with E-state index >= 15 is 0 Å². The summed E-state index contributed by atoms with van der Waals surface area (Å²) >= 11 is 1.52. The van der Waals surface area contributed by atoms with E-state index in [2.05, 4.69) is 24.1 Å². The fourth-order valence-corrected chi connectivity index (χ4v) is 3.11. The number of thiazole rings is 1. The molecule has 1 heterocycles. The van der Waals surface area contributed by atoms with Crippen LogP contribution in [0.5, 0.6) is 0 Å². The van der Waals surface area contributed by atoms with Crippen molar-refractivity contribution in [3.8, 4) is 10.6 Å². The van der Waals surface area contributed by atoms with E-state index in [1.54, 1.807) is 6.07 Å². The lowest BCUT2D eigenvalue weighted by atomic mass is 10.2. The van der Waals surface area contributed by atoms with Gasteiger partial charge in [-0.3, -0.25) is 0 Å². The van der Waals surface area contributed by atoms with Crippen molar-refractivity contribution in [2.75, 3.05) is 6.54 Å². The van der Waals surface area contributed by atoms with Crippen LogP contribution in [0.2, 0.25) is 0 Å². The number of aryl methyl sites for hydroxylation is 1. The van der Waals surface area contributed by atoms with Gasteiger partial charge in [0.1, 0.15) is 5.01 Å². The molecule has 1 aromatic heterocycles. The van der Waals surface area contributed by atoms with Gasteiger partial charge in [0, 0.05) is 16.5 Å². The third-order valence-electron chi connectivity index (χ3n) is 3.09. The maximum absolute atomic E-state index is 13.3. The molecule has 0 amide bonds. The molecule has 2 nitrogen and oxygen atoms in total. The second-order valence-corrected chi connectivity index (χ2v) is 5.80. The fraction of sp³-hybridized carbons (Fsp3) is 0.400. The predicted octanol–water partition coefficient (Wildman–Crippen LogP) is 4.46. The van der Waals surface area contributed by atoms with Crippen LogP contribution in [0.25, 0.3) is 10.6 Å². The average molecular weight is 296 g/mol. The molecule has 0 radical (unpaired) electrons. The second-order valence-electron chi connectivity index (χ2n) is 4.77. The quantitative estimate of drug-likeness (QED) is 0.881. The van der Waals surface area contributed by atoms with Gasteiger partial charge in [0.05, 0.1) is 5.69 Å². The highest BCUT2D eigenvalue weighted by Crippen LogP contribution is 2.32. The topological polar surface area (TPSA) is 24.9 Å². The summed E-state index contributed by atoms with van der Waals surface area (Å²) in [6.45, 7) is 7.09. The zero-order valence-corrected chi connectivity index (χ0v) is 12.7. The van der Waals surface area contributed by atoms with Gasteiger partial charge in [-0.15, -0.1) is 11.3 Å². The van der Waals surface area contributed by atoms with Gasteiger partial charge in [-0.2, -0.15) is 0 Å². The first-order valence-corrected chi connectivity index (χ1v) is 7.50.